The lowest BCUT2D eigenvalue weighted by molar-refractivity contribution is -0.391. The van der Waals surface area contributed by atoms with Crippen molar-refractivity contribution in [3.05, 3.63) is 48.5 Å². The first-order valence-corrected chi connectivity index (χ1v) is 19.7. The van der Waals surface area contributed by atoms with Crippen molar-refractivity contribution in [2.24, 2.45) is 10.8 Å². The van der Waals surface area contributed by atoms with Crippen LogP contribution in [0.1, 0.15) is 98.7 Å². The molecule has 5 rings (SSSR count). The fourth-order valence-corrected chi connectivity index (χ4v) is 10.3. The molecule has 3 aromatic rings. The minimum Gasteiger partial charge on any atom is -0.347 e. The fraction of sp³-hybridized carbons (Fsp3) is 0.611. The molecule has 1 aromatic carbocycles. The average Bonchev–Trinajstić information content (AvgIpc) is 3.61. The summed E-state index contributed by atoms with van der Waals surface area (Å²) >= 11 is 6.14. The molecule has 52 heavy (non-hydrogen) atoms. The molecule has 0 unspecified atom stereocenters. The third-order valence-corrected chi connectivity index (χ3v) is 11.5. The van der Waals surface area contributed by atoms with Gasteiger partial charge in [0.1, 0.15) is 24.6 Å². The van der Waals surface area contributed by atoms with Crippen LogP contribution in [0.5, 0.6) is 0 Å². The van der Waals surface area contributed by atoms with Crippen LogP contribution in [0, 0.1) is 33.5 Å². The first-order valence-electron chi connectivity index (χ1n) is 17.1. The summed E-state index contributed by atoms with van der Waals surface area (Å²) in [7, 11) is 0. The summed E-state index contributed by atoms with van der Waals surface area (Å²) in [6.07, 6.45) is -0.497. The van der Waals surface area contributed by atoms with Crippen molar-refractivity contribution in [2.75, 3.05) is 11.9 Å². The standard InChI is InChI=1S/C36H48N7O7PS/c1-32(2,3)36(33(4,5)6)45-20-24-26(47-36)27(48-51(52,49-34(7,8)16-18-37)50-35(9,10)17-19-38)31(46-24)43-22-41-25-28(39-21-40-29(25)43)42-30(44)23-14-12-11-13-15-23/h11-15,21-22,24,26-27,31H,16-17,20H2,1-10H3,(H,39,40,42,44)/t24-,26-,27-,31-/m1/s1. The van der Waals surface area contributed by atoms with E-state index < -0.39 is 59.1 Å². The maximum atomic E-state index is 13.1. The van der Waals surface area contributed by atoms with Gasteiger partial charge in [-0.3, -0.25) is 13.9 Å². The molecule has 0 spiro atoms. The quantitative estimate of drug-likeness (QED) is 0.195. The number of aromatic nitrogens is 4. The lowest BCUT2D eigenvalue weighted by Gasteiger charge is -2.56. The van der Waals surface area contributed by atoms with E-state index in [0.717, 1.165) is 0 Å². The number of nitrogens with zero attached hydrogens (tertiary/aromatic N) is 6. The van der Waals surface area contributed by atoms with Crippen LogP contribution in [-0.2, 0) is 39.6 Å². The highest BCUT2D eigenvalue weighted by molar-refractivity contribution is 8.07. The summed E-state index contributed by atoms with van der Waals surface area (Å²) < 4.78 is 41.8. The Hall–Kier alpha value is -3.37. The predicted octanol–water partition coefficient (Wildman–Crippen LogP) is 7.21. The lowest BCUT2D eigenvalue weighted by Crippen LogP contribution is -2.64. The lowest BCUT2D eigenvalue weighted by atomic mass is 9.69. The Morgan fingerprint density at radius 1 is 0.981 bits per heavy atom. The largest absolute Gasteiger partial charge is 0.347 e. The van der Waals surface area contributed by atoms with Gasteiger partial charge in [-0.1, -0.05) is 59.7 Å². The molecule has 0 aliphatic carbocycles. The van der Waals surface area contributed by atoms with Gasteiger partial charge in [-0.25, -0.2) is 15.0 Å². The number of rotatable bonds is 11. The number of fused-ring (bicyclic) bond motifs is 2. The molecule has 0 saturated carbocycles. The van der Waals surface area contributed by atoms with E-state index in [1.54, 1.807) is 56.5 Å². The van der Waals surface area contributed by atoms with Crippen molar-refractivity contribution in [1.29, 1.82) is 10.5 Å². The third-order valence-electron chi connectivity index (χ3n) is 8.89. The number of ether oxygens (including phenoxy) is 3. The van der Waals surface area contributed by atoms with Crippen molar-refractivity contribution >= 4 is 41.4 Å². The summed E-state index contributed by atoms with van der Waals surface area (Å²) in [6.45, 7) is 15.6. The van der Waals surface area contributed by atoms with Gasteiger partial charge in [0.15, 0.2) is 29.0 Å². The molecule has 0 bridgehead atoms. The van der Waals surface area contributed by atoms with E-state index in [2.05, 4.69) is 73.9 Å². The van der Waals surface area contributed by atoms with Gasteiger partial charge in [-0.15, -0.1) is 0 Å². The first kappa shape index (κ1) is 39.8. The van der Waals surface area contributed by atoms with E-state index >= 15 is 0 Å². The number of anilines is 1. The summed E-state index contributed by atoms with van der Waals surface area (Å²) in [5.74, 6) is -1.25. The van der Waals surface area contributed by atoms with Crippen molar-refractivity contribution in [1.82, 2.24) is 19.5 Å². The molecular formula is C36H48N7O7PS. The van der Waals surface area contributed by atoms with Gasteiger partial charge in [0.25, 0.3) is 5.91 Å². The molecule has 16 heteroatoms. The number of nitriles is 2. The molecule has 280 valence electrons. The molecule has 4 atom stereocenters. The van der Waals surface area contributed by atoms with Crippen LogP contribution in [0.25, 0.3) is 11.2 Å². The zero-order valence-corrected chi connectivity index (χ0v) is 33.1. The second-order valence-corrected chi connectivity index (χ2v) is 19.1. The van der Waals surface area contributed by atoms with Gasteiger partial charge in [0, 0.05) is 16.4 Å². The van der Waals surface area contributed by atoms with Gasteiger partial charge < -0.3 is 28.6 Å². The number of imidazole rings is 1. The number of hydrogen-bond donors (Lipinski definition) is 1. The Kier molecular flexibility index (Phi) is 11.1. The predicted molar refractivity (Wildman–Crippen MR) is 196 cm³/mol. The molecule has 0 radical (unpaired) electrons. The van der Waals surface area contributed by atoms with Crippen molar-refractivity contribution in [3.8, 4) is 12.1 Å². The van der Waals surface area contributed by atoms with Gasteiger partial charge in [0.05, 0.1) is 49.1 Å². The Morgan fingerprint density at radius 2 is 1.58 bits per heavy atom. The molecule has 2 aliphatic heterocycles. The highest BCUT2D eigenvalue weighted by atomic mass is 32.5. The minimum atomic E-state index is -3.81. The number of benzene rings is 1. The summed E-state index contributed by atoms with van der Waals surface area (Å²) in [6, 6.07) is 13.1. The molecule has 4 heterocycles. The van der Waals surface area contributed by atoms with Crippen molar-refractivity contribution < 1.29 is 32.6 Å². The number of nitrogens with one attached hydrogen (secondary N) is 1. The van der Waals surface area contributed by atoms with Crippen molar-refractivity contribution in [3.63, 3.8) is 0 Å². The molecule has 1 amide bonds. The fourth-order valence-electron chi connectivity index (χ4n) is 6.82. The number of carbonyl (C=O) groups excluding carboxylic acids is 1. The monoisotopic (exact) mass is 753 g/mol. The maximum absolute atomic E-state index is 13.1. The number of carbonyl (C=O) groups is 1. The molecule has 1 N–H and O–H groups in total. The third kappa shape index (κ3) is 8.08. The van der Waals surface area contributed by atoms with E-state index in [0.29, 0.717) is 16.7 Å². The summed E-state index contributed by atoms with van der Waals surface area (Å²) in [5.41, 5.74) is -2.03. The molecule has 2 aliphatic rings. The van der Waals surface area contributed by atoms with Gasteiger partial charge in [0.2, 0.25) is 0 Å². The van der Waals surface area contributed by atoms with Crippen LogP contribution < -0.4 is 5.32 Å². The SMILES string of the molecule is CC(C)(CC#N)OP(=S)(O[C@@H]1[C@@H]2OC(C(C)(C)C)(C(C)(C)C)OC[C@H]2O[C@H]1n1cnc2c(NC(=O)c3ccccc3)ncnc21)OC(C)(C)CC#N. The van der Waals surface area contributed by atoms with E-state index in [-0.39, 0.29) is 31.2 Å². The topological polar surface area (TPSA) is 176 Å². The van der Waals surface area contributed by atoms with Crippen LogP contribution in [0.15, 0.2) is 43.0 Å². The highest BCUT2D eigenvalue weighted by Crippen LogP contribution is 2.61. The minimum absolute atomic E-state index is 0.00447. The molecule has 2 aromatic heterocycles. The summed E-state index contributed by atoms with van der Waals surface area (Å²) in [4.78, 5) is 26.5. The van der Waals surface area contributed by atoms with E-state index in [1.165, 1.54) is 12.7 Å². The molecular weight excluding hydrogens is 705 g/mol. The van der Waals surface area contributed by atoms with Gasteiger partial charge in [-0.05, 0) is 51.6 Å². The molecule has 2 fully saturated rings. The zero-order valence-electron chi connectivity index (χ0n) is 31.4. The Morgan fingerprint density at radius 3 is 2.13 bits per heavy atom. The highest BCUT2D eigenvalue weighted by Gasteiger charge is 2.63. The average molecular weight is 754 g/mol. The number of hydrogen-bond acceptors (Lipinski definition) is 13. The van der Waals surface area contributed by atoms with E-state index in [4.69, 9.17) is 39.6 Å². The summed E-state index contributed by atoms with van der Waals surface area (Å²) in [5, 5.41) is 22.0. The van der Waals surface area contributed by atoms with Crippen LogP contribution in [0.2, 0.25) is 0 Å². The van der Waals surface area contributed by atoms with Gasteiger partial charge >= 0.3 is 6.72 Å². The second kappa shape index (κ2) is 14.5. The first-order chi connectivity index (χ1) is 24.1. The molecule has 14 nitrogen and oxygen atoms in total. The van der Waals surface area contributed by atoms with E-state index in [9.17, 15) is 15.3 Å². The Balaban J connectivity index is 1.62. The zero-order chi connectivity index (χ0) is 38.3. The second-order valence-electron chi connectivity index (χ2n) is 16.3. The molecule has 2 saturated heterocycles. The number of amides is 1. The van der Waals surface area contributed by atoms with Crippen LogP contribution in [0.4, 0.5) is 5.82 Å². The smallest absolute Gasteiger partial charge is 0.328 e. The Labute approximate surface area is 310 Å². The Bertz CT molecular complexity index is 1860. The van der Waals surface area contributed by atoms with Crippen LogP contribution in [0.3, 0.4) is 0 Å². The van der Waals surface area contributed by atoms with Crippen LogP contribution >= 0.6 is 6.72 Å². The van der Waals surface area contributed by atoms with Crippen molar-refractivity contribution in [2.45, 2.75) is 124 Å². The van der Waals surface area contributed by atoms with E-state index in [1.807, 2.05) is 6.07 Å². The maximum Gasteiger partial charge on any atom is 0.328 e. The van der Waals surface area contributed by atoms with Crippen LogP contribution in [-0.4, -0.2) is 67.3 Å². The normalized spacial score (nSPS) is 22.4. The van der Waals surface area contributed by atoms with Gasteiger partial charge in [-0.2, -0.15) is 10.5 Å².